The van der Waals surface area contributed by atoms with Gasteiger partial charge < -0.3 is 15.0 Å². The molecule has 118 valence electrons. The number of hydrogen-bond donors (Lipinski definition) is 1. The van der Waals surface area contributed by atoms with E-state index < -0.39 is 0 Å². The van der Waals surface area contributed by atoms with Gasteiger partial charge in [-0.05, 0) is 65.1 Å². The average molecular weight is 282 g/mol. The molecule has 0 spiro atoms. The van der Waals surface area contributed by atoms with Crippen molar-refractivity contribution in [3.05, 3.63) is 0 Å². The van der Waals surface area contributed by atoms with E-state index in [0.717, 1.165) is 12.6 Å². The molecule has 2 saturated carbocycles. The summed E-state index contributed by atoms with van der Waals surface area (Å²) < 4.78 is 5.50. The lowest BCUT2D eigenvalue weighted by molar-refractivity contribution is 0.0587. The van der Waals surface area contributed by atoms with Gasteiger partial charge in [0.25, 0.3) is 0 Å². The van der Waals surface area contributed by atoms with Crippen LogP contribution in [0.15, 0.2) is 0 Å². The van der Waals surface area contributed by atoms with Gasteiger partial charge in [0.2, 0.25) is 0 Å². The molecule has 2 fully saturated rings. The molecule has 0 aliphatic heterocycles. The second kappa shape index (κ2) is 9.01. The number of rotatable bonds is 7. The zero-order valence-electron chi connectivity index (χ0n) is 13.6. The van der Waals surface area contributed by atoms with Crippen molar-refractivity contribution in [3.63, 3.8) is 0 Å². The molecule has 0 saturated heterocycles. The third-order valence-corrected chi connectivity index (χ3v) is 5.28. The van der Waals surface area contributed by atoms with Gasteiger partial charge in [-0.15, -0.1) is 0 Å². The van der Waals surface area contributed by atoms with E-state index in [1.807, 2.05) is 7.11 Å². The average Bonchev–Trinajstić information content (AvgIpc) is 2.52. The Morgan fingerprint density at radius 1 is 1.05 bits per heavy atom. The maximum Gasteiger partial charge on any atom is 0.0586 e. The van der Waals surface area contributed by atoms with Gasteiger partial charge in [0.1, 0.15) is 0 Å². The third-order valence-electron chi connectivity index (χ3n) is 5.28. The van der Waals surface area contributed by atoms with Crippen molar-refractivity contribution in [3.8, 4) is 0 Å². The van der Waals surface area contributed by atoms with Crippen LogP contribution in [0.4, 0.5) is 0 Å². The lowest BCUT2D eigenvalue weighted by Gasteiger charge is -2.32. The molecular formula is C17H34N2O. The molecule has 3 nitrogen and oxygen atoms in total. The summed E-state index contributed by atoms with van der Waals surface area (Å²) in [5, 5.41) is 3.74. The molecule has 2 aliphatic carbocycles. The summed E-state index contributed by atoms with van der Waals surface area (Å²) in [5.41, 5.74) is 0. The summed E-state index contributed by atoms with van der Waals surface area (Å²) in [4.78, 5) is 2.60. The largest absolute Gasteiger partial charge is 0.381 e. The Hall–Kier alpha value is -0.120. The first kappa shape index (κ1) is 16.3. The molecule has 2 atom stereocenters. The van der Waals surface area contributed by atoms with Crippen LogP contribution >= 0.6 is 0 Å². The van der Waals surface area contributed by atoms with E-state index in [0.29, 0.717) is 12.1 Å². The fourth-order valence-corrected chi connectivity index (χ4v) is 3.88. The van der Waals surface area contributed by atoms with Gasteiger partial charge in [0.15, 0.2) is 0 Å². The van der Waals surface area contributed by atoms with Crippen molar-refractivity contribution in [1.82, 2.24) is 10.2 Å². The van der Waals surface area contributed by atoms with E-state index in [2.05, 4.69) is 17.3 Å². The van der Waals surface area contributed by atoms with Crippen LogP contribution in [-0.4, -0.2) is 50.3 Å². The molecule has 2 unspecified atom stereocenters. The van der Waals surface area contributed by atoms with Gasteiger partial charge in [0, 0.05) is 19.2 Å². The monoisotopic (exact) mass is 282 g/mol. The second-order valence-corrected chi connectivity index (χ2v) is 6.80. The quantitative estimate of drug-likeness (QED) is 0.726. The first-order valence-electron chi connectivity index (χ1n) is 8.76. The summed E-state index contributed by atoms with van der Waals surface area (Å²) in [5.74, 6) is 0. The molecule has 3 heteroatoms. The van der Waals surface area contributed by atoms with Crippen LogP contribution < -0.4 is 5.32 Å². The van der Waals surface area contributed by atoms with Gasteiger partial charge in [-0.2, -0.15) is 0 Å². The van der Waals surface area contributed by atoms with Crippen LogP contribution in [0.5, 0.6) is 0 Å². The van der Waals surface area contributed by atoms with E-state index in [1.165, 1.54) is 70.8 Å². The van der Waals surface area contributed by atoms with E-state index in [4.69, 9.17) is 4.74 Å². The minimum absolute atomic E-state index is 0.492. The molecule has 0 bridgehead atoms. The fraction of sp³-hybridized carbons (Fsp3) is 1.00. The first-order chi connectivity index (χ1) is 9.79. The number of methoxy groups -OCH3 is 1. The second-order valence-electron chi connectivity index (χ2n) is 6.80. The Morgan fingerprint density at radius 2 is 1.85 bits per heavy atom. The van der Waals surface area contributed by atoms with Crippen molar-refractivity contribution in [1.29, 1.82) is 0 Å². The van der Waals surface area contributed by atoms with E-state index in [1.54, 1.807) is 0 Å². The first-order valence-corrected chi connectivity index (χ1v) is 8.76. The van der Waals surface area contributed by atoms with Gasteiger partial charge in [-0.25, -0.2) is 0 Å². The van der Waals surface area contributed by atoms with Crippen molar-refractivity contribution in [2.45, 2.75) is 82.4 Å². The maximum atomic E-state index is 5.50. The van der Waals surface area contributed by atoms with Crippen molar-refractivity contribution < 1.29 is 4.74 Å². The minimum Gasteiger partial charge on any atom is -0.381 e. The Labute approximate surface area is 125 Å². The van der Waals surface area contributed by atoms with Crippen LogP contribution in [0.1, 0.15) is 64.2 Å². The molecule has 0 aromatic carbocycles. The summed E-state index contributed by atoms with van der Waals surface area (Å²) in [6, 6.07) is 1.55. The van der Waals surface area contributed by atoms with Gasteiger partial charge >= 0.3 is 0 Å². The molecule has 20 heavy (non-hydrogen) atoms. The highest BCUT2D eigenvalue weighted by atomic mass is 16.5. The molecule has 0 heterocycles. The van der Waals surface area contributed by atoms with Crippen LogP contribution in [0.3, 0.4) is 0 Å². The van der Waals surface area contributed by atoms with E-state index >= 15 is 0 Å². The fourth-order valence-electron chi connectivity index (χ4n) is 3.88. The summed E-state index contributed by atoms with van der Waals surface area (Å²) in [7, 11) is 4.17. The summed E-state index contributed by atoms with van der Waals surface area (Å²) in [6.07, 6.45) is 14.0. The topological polar surface area (TPSA) is 24.5 Å². The Kier molecular flexibility index (Phi) is 7.32. The molecule has 1 N–H and O–H groups in total. The number of nitrogens with one attached hydrogen (secondary N) is 1. The standard InChI is InChI=1S/C17H34N2O/c1-19(16-9-4-3-5-10-16)13-7-12-18-15-8-6-11-17(14-15)20-2/h15-18H,3-14H2,1-2H3. The predicted octanol–water partition coefficient (Wildman–Crippen LogP) is 3.19. The normalized spacial score (nSPS) is 28.9. The van der Waals surface area contributed by atoms with Crippen molar-refractivity contribution >= 4 is 0 Å². The van der Waals surface area contributed by atoms with Crippen molar-refractivity contribution in [2.24, 2.45) is 0 Å². The van der Waals surface area contributed by atoms with Gasteiger partial charge in [0.05, 0.1) is 6.10 Å². The zero-order chi connectivity index (χ0) is 14.2. The lowest BCUT2D eigenvalue weighted by atomic mass is 9.93. The molecule has 0 aromatic heterocycles. The number of nitrogens with zero attached hydrogens (tertiary/aromatic N) is 1. The predicted molar refractivity (Wildman–Crippen MR) is 85.2 cm³/mol. The highest BCUT2D eigenvalue weighted by Crippen LogP contribution is 2.22. The number of hydrogen-bond acceptors (Lipinski definition) is 3. The minimum atomic E-state index is 0.492. The van der Waals surface area contributed by atoms with E-state index in [9.17, 15) is 0 Å². The molecule has 2 rings (SSSR count). The van der Waals surface area contributed by atoms with Crippen molar-refractivity contribution in [2.75, 3.05) is 27.2 Å². The third kappa shape index (κ3) is 5.34. The Morgan fingerprint density at radius 3 is 2.60 bits per heavy atom. The molecule has 0 amide bonds. The van der Waals surface area contributed by atoms with Crippen LogP contribution in [0, 0.1) is 0 Å². The molecular weight excluding hydrogens is 248 g/mol. The summed E-state index contributed by atoms with van der Waals surface area (Å²) >= 11 is 0. The zero-order valence-corrected chi connectivity index (χ0v) is 13.6. The lowest BCUT2D eigenvalue weighted by Crippen LogP contribution is -2.39. The van der Waals surface area contributed by atoms with Crippen LogP contribution in [0.2, 0.25) is 0 Å². The molecule has 2 aliphatic rings. The highest BCUT2D eigenvalue weighted by molar-refractivity contribution is 4.78. The van der Waals surface area contributed by atoms with Crippen LogP contribution in [-0.2, 0) is 4.74 Å². The summed E-state index contributed by atoms with van der Waals surface area (Å²) in [6.45, 7) is 2.41. The Bertz CT molecular complexity index is 249. The van der Waals surface area contributed by atoms with Crippen LogP contribution in [0.25, 0.3) is 0 Å². The molecule has 0 radical (unpaired) electrons. The maximum absolute atomic E-state index is 5.50. The SMILES string of the molecule is COC1CCCC(NCCCN(C)C2CCCCC2)C1. The number of ether oxygens (including phenoxy) is 1. The van der Waals surface area contributed by atoms with Gasteiger partial charge in [-0.3, -0.25) is 0 Å². The van der Waals surface area contributed by atoms with Gasteiger partial charge in [-0.1, -0.05) is 19.3 Å². The Balaban J connectivity index is 1.54. The highest BCUT2D eigenvalue weighted by Gasteiger charge is 2.21. The smallest absolute Gasteiger partial charge is 0.0586 e. The molecule has 0 aromatic rings. The van der Waals surface area contributed by atoms with E-state index in [-0.39, 0.29) is 0 Å².